The maximum atomic E-state index is 11.7. The van der Waals surface area contributed by atoms with E-state index in [2.05, 4.69) is 31.1 Å². The van der Waals surface area contributed by atoms with Crippen molar-refractivity contribution in [2.24, 2.45) is 12.0 Å². The van der Waals surface area contributed by atoms with Crippen LogP contribution >= 0.6 is 24.0 Å². The number of guanidine groups is 1. The molecule has 3 N–H and O–H groups in total. The first-order valence-electron chi connectivity index (χ1n) is 10.1. The number of halogens is 1. The Morgan fingerprint density at radius 3 is 2.39 bits per heavy atom. The van der Waals surface area contributed by atoms with E-state index in [1.807, 2.05) is 69.6 Å². The average molecular weight is 543 g/mol. The van der Waals surface area contributed by atoms with E-state index >= 15 is 0 Å². The van der Waals surface area contributed by atoms with Crippen LogP contribution in [0.25, 0.3) is 0 Å². The van der Waals surface area contributed by atoms with Crippen molar-refractivity contribution in [2.75, 3.05) is 13.1 Å². The lowest BCUT2D eigenvalue weighted by Gasteiger charge is -2.19. The summed E-state index contributed by atoms with van der Waals surface area (Å²) in [6.45, 7) is 9.66. The fraction of sp³-hybridized carbons (Fsp3) is 0.524. The number of aryl methyl sites for hydroxylation is 1. The number of alkyl carbamates (subject to hydrolysis) is 1. The van der Waals surface area contributed by atoms with Crippen molar-refractivity contribution >= 4 is 36.0 Å². The molecule has 0 fully saturated rings. The number of ether oxygens (including phenoxy) is 1. The number of hydrogen-bond acceptors (Lipinski definition) is 5. The number of rotatable bonds is 8. The van der Waals surface area contributed by atoms with Gasteiger partial charge in [-0.1, -0.05) is 30.3 Å². The Balaban J connectivity index is 0.00000480. The minimum atomic E-state index is -0.498. The van der Waals surface area contributed by atoms with Gasteiger partial charge in [0.15, 0.2) is 11.8 Å². The number of nitrogens with one attached hydrogen (secondary N) is 3. The Bertz CT molecular complexity index is 832. The number of nitrogens with zero attached hydrogens (tertiary/aromatic N) is 4. The molecule has 9 nitrogen and oxygen atoms in total. The van der Waals surface area contributed by atoms with E-state index in [-0.39, 0.29) is 24.0 Å². The molecule has 0 aliphatic rings. The summed E-state index contributed by atoms with van der Waals surface area (Å²) in [5.74, 6) is 2.36. The Hall–Kier alpha value is -2.37. The first-order chi connectivity index (χ1) is 14.2. The fourth-order valence-electron chi connectivity index (χ4n) is 2.50. The topological polar surface area (TPSA) is 105 Å². The van der Waals surface area contributed by atoms with E-state index in [1.54, 1.807) is 0 Å². The second-order valence-corrected chi connectivity index (χ2v) is 7.94. The minimum Gasteiger partial charge on any atom is -0.444 e. The van der Waals surface area contributed by atoms with Crippen LogP contribution in [0.3, 0.4) is 0 Å². The largest absolute Gasteiger partial charge is 0.444 e. The molecule has 0 spiro atoms. The van der Waals surface area contributed by atoms with Gasteiger partial charge >= 0.3 is 6.09 Å². The molecule has 1 heterocycles. The molecule has 1 aromatic carbocycles. The summed E-state index contributed by atoms with van der Waals surface area (Å²) in [4.78, 5) is 16.4. The zero-order valence-electron chi connectivity index (χ0n) is 18.9. The van der Waals surface area contributed by atoms with Crippen LogP contribution in [0.5, 0.6) is 0 Å². The zero-order chi connectivity index (χ0) is 22.0. The van der Waals surface area contributed by atoms with Gasteiger partial charge in [-0.05, 0) is 39.7 Å². The molecule has 0 radical (unpaired) electrons. The molecule has 0 saturated heterocycles. The van der Waals surface area contributed by atoms with Gasteiger partial charge in [0, 0.05) is 20.1 Å². The predicted molar refractivity (Wildman–Crippen MR) is 132 cm³/mol. The van der Waals surface area contributed by atoms with Crippen molar-refractivity contribution in [3.8, 4) is 0 Å². The number of amides is 1. The zero-order valence-corrected chi connectivity index (χ0v) is 21.3. The second-order valence-electron chi connectivity index (χ2n) is 7.94. The number of carbonyl (C=O) groups excluding carboxylic acids is 1. The van der Waals surface area contributed by atoms with Gasteiger partial charge < -0.3 is 25.3 Å². The lowest BCUT2D eigenvalue weighted by Crippen LogP contribution is -2.39. The van der Waals surface area contributed by atoms with Crippen molar-refractivity contribution < 1.29 is 9.53 Å². The SMILES string of the molecule is Cc1nnc(CNC(=NCc2ccccc2)NCCCNC(=O)OC(C)(C)C)n1C.I. The van der Waals surface area contributed by atoms with Crippen LogP contribution < -0.4 is 16.0 Å². The number of aromatic nitrogens is 3. The lowest BCUT2D eigenvalue weighted by atomic mass is 10.2. The van der Waals surface area contributed by atoms with Crippen LogP contribution in [0, 0.1) is 6.92 Å². The van der Waals surface area contributed by atoms with Crippen molar-refractivity contribution in [1.29, 1.82) is 0 Å². The highest BCUT2D eigenvalue weighted by Gasteiger charge is 2.15. The minimum absolute atomic E-state index is 0. The molecule has 10 heteroatoms. The molecule has 31 heavy (non-hydrogen) atoms. The van der Waals surface area contributed by atoms with Gasteiger partial charge in [0.25, 0.3) is 0 Å². The highest BCUT2D eigenvalue weighted by molar-refractivity contribution is 14.0. The van der Waals surface area contributed by atoms with E-state index < -0.39 is 11.7 Å². The quantitative estimate of drug-likeness (QED) is 0.205. The van der Waals surface area contributed by atoms with Crippen LogP contribution in [0.1, 0.15) is 44.4 Å². The summed E-state index contributed by atoms with van der Waals surface area (Å²) in [5.41, 5.74) is 0.626. The van der Waals surface area contributed by atoms with Crippen molar-refractivity contribution in [3.05, 3.63) is 47.5 Å². The Morgan fingerprint density at radius 1 is 1.10 bits per heavy atom. The molecular formula is C21H34IN7O2. The van der Waals surface area contributed by atoms with Crippen LogP contribution in [0.4, 0.5) is 4.79 Å². The molecule has 0 bridgehead atoms. The summed E-state index contributed by atoms with van der Waals surface area (Å²) < 4.78 is 7.17. The number of hydrogen-bond donors (Lipinski definition) is 3. The Kier molecular flexibility index (Phi) is 11.3. The predicted octanol–water partition coefficient (Wildman–Crippen LogP) is 2.89. The Labute approximate surface area is 201 Å². The number of aliphatic imine (C=N–C) groups is 1. The van der Waals surface area contributed by atoms with E-state index in [4.69, 9.17) is 4.74 Å². The molecule has 1 aromatic heterocycles. The van der Waals surface area contributed by atoms with Crippen LogP contribution in [-0.4, -0.2) is 45.5 Å². The smallest absolute Gasteiger partial charge is 0.407 e. The highest BCUT2D eigenvalue weighted by atomic mass is 127. The fourth-order valence-corrected chi connectivity index (χ4v) is 2.50. The normalized spacial score (nSPS) is 11.5. The summed E-state index contributed by atoms with van der Waals surface area (Å²) in [6.07, 6.45) is 0.324. The highest BCUT2D eigenvalue weighted by Crippen LogP contribution is 2.06. The van der Waals surface area contributed by atoms with Gasteiger partial charge in [-0.3, -0.25) is 0 Å². The van der Waals surface area contributed by atoms with Gasteiger partial charge in [-0.2, -0.15) is 0 Å². The third-order valence-electron chi connectivity index (χ3n) is 4.17. The maximum Gasteiger partial charge on any atom is 0.407 e. The van der Waals surface area contributed by atoms with Gasteiger partial charge in [-0.15, -0.1) is 34.2 Å². The van der Waals surface area contributed by atoms with E-state index in [0.29, 0.717) is 32.1 Å². The van der Waals surface area contributed by atoms with Gasteiger partial charge in [0.2, 0.25) is 0 Å². The molecule has 2 rings (SSSR count). The third-order valence-corrected chi connectivity index (χ3v) is 4.17. The molecule has 0 atom stereocenters. The molecular weight excluding hydrogens is 509 g/mol. The number of benzene rings is 1. The van der Waals surface area contributed by atoms with Crippen LogP contribution in [0.15, 0.2) is 35.3 Å². The van der Waals surface area contributed by atoms with Crippen LogP contribution in [0.2, 0.25) is 0 Å². The average Bonchev–Trinajstić information content (AvgIpc) is 3.00. The first-order valence-corrected chi connectivity index (χ1v) is 10.1. The monoisotopic (exact) mass is 543 g/mol. The Morgan fingerprint density at radius 2 is 1.77 bits per heavy atom. The third kappa shape index (κ3) is 10.5. The standard InChI is InChI=1S/C21H33N7O2.HI/c1-16-26-27-18(28(16)5)15-25-19(24-14-17-10-7-6-8-11-17)22-12-9-13-23-20(29)30-21(2,3)4;/h6-8,10-11H,9,12-15H2,1-5H3,(H,23,29)(H2,22,24,25);1H. The second kappa shape index (κ2) is 13.1. The van der Waals surface area contributed by atoms with E-state index in [9.17, 15) is 4.79 Å². The van der Waals surface area contributed by atoms with Crippen molar-refractivity contribution in [3.63, 3.8) is 0 Å². The van der Waals surface area contributed by atoms with E-state index in [1.165, 1.54) is 0 Å². The van der Waals surface area contributed by atoms with Gasteiger partial charge in [-0.25, -0.2) is 9.79 Å². The summed E-state index contributed by atoms with van der Waals surface area (Å²) in [5, 5.41) is 17.6. The lowest BCUT2D eigenvalue weighted by molar-refractivity contribution is 0.0527. The first kappa shape index (κ1) is 26.7. The van der Waals surface area contributed by atoms with Gasteiger partial charge in [0.05, 0.1) is 13.1 Å². The maximum absolute atomic E-state index is 11.7. The summed E-state index contributed by atoms with van der Waals surface area (Å²) in [7, 11) is 1.93. The molecule has 1 amide bonds. The molecule has 0 saturated carbocycles. The van der Waals surface area contributed by atoms with Crippen molar-refractivity contribution in [1.82, 2.24) is 30.7 Å². The van der Waals surface area contributed by atoms with E-state index in [0.717, 1.165) is 23.6 Å². The number of carbonyl (C=O) groups is 1. The van der Waals surface area contributed by atoms with Gasteiger partial charge in [0.1, 0.15) is 11.4 Å². The molecule has 2 aromatic rings. The molecule has 0 aliphatic heterocycles. The van der Waals surface area contributed by atoms with Crippen molar-refractivity contribution in [2.45, 2.75) is 52.8 Å². The van der Waals surface area contributed by atoms with Crippen LogP contribution in [-0.2, 0) is 24.9 Å². The molecule has 0 unspecified atom stereocenters. The summed E-state index contributed by atoms with van der Waals surface area (Å²) >= 11 is 0. The molecule has 0 aliphatic carbocycles. The molecule has 172 valence electrons. The summed E-state index contributed by atoms with van der Waals surface area (Å²) in [6, 6.07) is 10.1.